The summed E-state index contributed by atoms with van der Waals surface area (Å²) < 4.78 is 6.60. The smallest absolute Gasteiger partial charge is 0.0993 e. The van der Waals surface area contributed by atoms with Gasteiger partial charge in [-0.3, -0.25) is 0 Å². The number of nitriles is 1. The molecule has 2 unspecified atom stereocenters. The van der Waals surface area contributed by atoms with Crippen LogP contribution in [0, 0.1) is 17.2 Å². The highest BCUT2D eigenvalue weighted by Gasteiger charge is 2.28. The molecule has 1 aromatic rings. The molecule has 1 saturated heterocycles. The first-order valence-corrected chi connectivity index (χ1v) is 6.35. The summed E-state index contributed by atoms with van der Waals surface area (Å²) in [6, 6.07) is 7.90. The lowest BCUT2D eigenvalue weighted by molar-refractivity contribution is -0.0106. The highest BCUT2D eigenvalue weighted by atomic mass is 79.9. The fourth-order valence-corrected chi connectivity index (χ4v) is 2.86. The van der Waals surface area contributed by atoms with Crippen LogP contribution in [-0.2, 0) is 4.74 Å². The standard InChI is InChI=1S/C12H11BrClNO/c13-11-6-9(14)3-4-10(11)12-8(7-15)2-1-5-16-12/h3-4,6,8,12H,1-2,5H2. The maximum absolute atomic E-state index is 9.10. The zero-order valence-electron chi connectivity index (χ0n) is 8.62. The maximum Gasteiger partial charge on any atom is 0.0993 e. The molecule has 0 aromatic heterocycles. The third-order valence-corrected chi connectivity index (χ3v) is 3.68. The van der Waals surface area contributed by atoms with E-state index in [2.05, 4.69) is 22.0 Å². The zero-order chi connectivity index (χ0) is 11.5. The number of rotatable bonds is 1. The van der Waals surface area contributed by atoms with E-state index in [0.717, 1.165) is 29.5 Å². The van der Waals surface area contributed by atoms with E-state index < -0.39 is 0 Å². The largest absolute Gasteiger partial charge is 0.372 e. The van der Waals surface area contributed by atoms with E-state index in [0.29, 0.717) is 5.02 Å². The highest BCUT2D eigenvalue weighted by Crippen LogP contribution is 2.37. The molecule has 2 rings (SSSR count). The van der Waals surface area contributed by atoms with Crippen LogP contribution in [0.4, 0.5) is 0 Å². The van der Waals surface area contributed by atoms with Crippen LogP contribution < -0.4 is 0 Å². The van der Waals surface area contributed by atoms with E-state index in [1.165, 1.54) is 0 Å². The second-order valence-corrected chi connectivity index (χ2v) is 5.13. The summed E-state index contributed by atoms with van der Waals surface area (Å²) in [5.74, 6) is -0.0637. The molecule has 1 aromatic carbocycles. The monoisotopic (exact) mass is 299 g/mol. The fourth-order valence-electron chi connectivity index (χ4n) is 1.95. The third kappa shape index (κ3) is 2.40. The molecular weight excluding hydrogens is 289 g/mol. The van der Waals surface area contributed by atoms with E-state index in [1.54, 1.807) is 0 Å². The van der Waals surface area contributed by atoms with Crippen molar-refractivity contribution in [2.24, 2.45) is 5.92 Å². The fraction of sp³-hybridized carbons (Fsp3) is 0.417. The van der Waals surface area contributed by atoms with Crippen molar-refractivity contribution in [2.75, 3.05) is 6.61 Å². The van der Waals surface area contributed by atoms with Gasteiger partial charge in [-0.25, -0.2) is 0 Å². The Hall–Kier alpha value is -0.560. The van der Waals surface area contributed by atoms with Gasteiger partial charge in [-0.05, 0) is 30.5 Å². The average Bonchev–Trinajstić information content (AvgIpc) is 2.29. The molecule has 84 valence electrons. The van der Waals surface area contributed by atoms with Crippen LogP contribution in [0.1, 0.15) is 24.5 Å². The van der Waals surface area contributed by atoms with Gasteiger partial charge in [-0.1, -0.05) is 33.6 Å². The summed E-state index contributed by atoms with van der Waals surface area (Å²) in [7, 11) is 0. The molecule has 1 aliphatic heterocycles. The van der Waals surface area contributed by atoms with Gasteiger partial charge < -0.3 is 4.74 Å². The molecule has 0 saturated carbocycles. The van der Waals surface area contributed by atoms with E-state index >= 15 is 0 Å². The lowest BCUT2D eigenvalue weighted by atomic mass is 9.91. The Kier molecular flexibility index (Phi) is 3.86. The van der Waals surface area contributed by atoms with Crippen LogP contribution in [-0.4, -0.2) is 6.61 Å². The van der Waals surface area contributed by atoms with Crippen LogP contribution in [0.3, 0.4) is 0 Å². The molecule has 1 heterocycles. The minimum Gasteiger partial charge on any atom is -0.372 e. The predicted octanol–water partition coefficient (Wildman–Crippen LogP) is 4.09. The Morgan fingerprint density at radius 3 is 3.00 bits per heavy atom. The number of ether oxygens (including phenoxy) is 1. The van der Waals surface area contributed by atoms with Crippen molar-refractivity contribution in [3.05, 3.63) is 33.3 Å². The van der Waals surface area contributed by atoms with Crippen molar-refractivity contribution in [3.63, 3.8) is 0 Å². The summed E-state index contributed by atoms with van der Waals surface area (Å²) >= 11 is 9.36. The van der Waals surface area contributed by atoms with Crippen LogP contribution in [0.2, 0.25) is 5.02 Å². The lowest BCUT2D eigenvalue weighted by Crippen LogP contribution is -2.21. The van der Waals surface area contributed by atoms with Crippen LogP contribution in [0.25, 0.3) is 0 Å². The first kappa shape index (κ1) is 11.9. The van der Waals surface area contributed by atoms with Crippen LogP contribution >= 0.6 is 27.5 Å². The minimum absolute atomic E-state index is 0.0637. The van der Waals surface area contributed by atoms with Gasteiger partial charge in [0.2, 0.25) is 0 Å². The summed E-state index contributed by atoms with van der Waals surface area (Å²) in [5, 5.41) is 9.78. The quantitative estimate of drug-likeness (QED) is 0.782. The zero-order valence-corrected chi connectivity index (χ0v) is 11.0. The molecule has 0 radical (unpaired) electrons. The first-order valence-electron chi connectivity index (χ1n) is 5.18. The molecule has 2 nitrogen and oxygen atoms in total. The summed E-state index contributed by atoms with van der Waals surface area (Å²) in [5.41, 5.74) is 1.01. The Morgan fingerprint density at radius 1 is 1.50 bits per heavy atom. The molecule has 1 aliphatic rings. The SMILES string of the molecule is N#CC1CCCOC1c1ccc(Cl)cc1Br. The minimum atomic E-state index is -0.134. The van der Waals surface area contributed by atoms with Crippen molar-refractivity contribution in [3.8, 4) is 6.07 Å². The van der Waals surface area contributed by atoms with Gasteiger partial charge >= 0.3 is 0 Å². The molecule has 1 fully saturated rings. The Labute approximate surface area is 108 Å². The average molecular weight is 301 g/mol. The van der Waals surface area contributed by atoms with Crippen molar-refractivity contribution in [1.29, 1.82) is 5.26 Å². The number of halogens is 2. The summed E-state index contributed by atoms with van der Waals surface area (Å²) in [6.07, 6.45) is 1.72. The Bertz CT molecular complexity index is 430. The number of hydrogen-bond donors (Lipinski definition) is 0. The molecule has 0 spiro atoms. The molecule has 2 atom stereocenters. The van der Waals surface area contributed by atoms with Crippen LogP contribution in [0.5, 0.6) is 0 Å². The number of hydrogen-bond acceptors (Lipinski definition) is 2. The van der Waals surface area contributed by atoms with Crippen molar-refractivity contribution < 1.29 is 4.74 Å². The van der Waals surface area contributed by atoms with E-state index in [-0.39, 0.29) is 12.0 Å². The van der Waals surface area contributed by atoms with Gasteiger partial charge in [0.25, 0.3) is 0 Å². The van der Waals surface area contributed by atoms with Crippen molar-refractivity contribution in [2.45, 2.75) is 18.9 Å². The second-order valence-electron chi connectivity index (χ2n) is 3.84. The van der Waals surface area contributed by atoms with Gasteiger partial charge in [-0.2, -0.15) is 5.26 Å². The van der Waals surface area contributed by atoms with E-state index in [1.807, 2.05) is 18.2 Å². The van der Waals surface area contributed by atoms with Gasteiger partial charge in [0, 0.05) is 16.1 Å². The lowest BCUT2D eigenvalue weighted by Gasteiger charge is -2.28. The molecule has 0 N–H and O–H groups in total. The molecule has 4 heteroatoms. The van der Waals surface area contributed by atoms with Gasteiger partial charge in [-0.15, -0.1) is 0 Å². The molecule has 0 aliphatic carbocycles. The van der Waals surface area contributed by atoms with Gasteiger partial charge in [0.1, 0.15) is 0 Å². The van der Waals surface area contributed by atoms with E-state index in [9.17, 15) is 0 Å². The number of nitrogens with zero attached hydrogens (tertiary/aromatic N) is 1. The first-order chi connectivity index (χ1) is 7.72. The van der Waals surface area contributed by atoms with Gasteiger partial charge in [0.15, 0.2) is 0 Å². The van der Waals surface area contributed by atoms with E-state index in [4.69, 9.17) is 21.6 Å². The summed E-state index contributed by atoms with van der Waals surface area (Å²) in [6.45, 7) is 0.720. The topological polar surface area (TPSA) is 33.0 Å². The normalized spacial score (nSPS) is 25.1. The summed E-state index contributed by atoms with van der Waals surface area (Å²) in [4.78, 5) is 0. The molecular formula is C12H11BrClNO. The Morgan fingerprint density at radius 2 is 2.31 bits per heavy atom. The molecule has 0 bridgehead atoms. The number of benzene rings is 1. The Balaban J connectivity index is 2.31. The van der Waals surface area contributed by atoms with Gasteiger partial charge in [0.05, 0.1) is 18.1 Å². The molecule has 16 heavy (non-hydrogen) atoms. The van der Waals surface area contributed by atoms with Crippen molar-refractivity contribution in [1.82, 2.24) is 0 Å². The maximum atomic E-state index is 9.10. The second kappa shape index (κ2) is 5.18. The predicted molar refractivity (Wildman–Crippen MR) is 66.2 cm³/mol. The van der Waals surface area contributed by atoms with Crippen LogP contribution in [0.15, 0.2) is 22.7 Å². The van der Waals surface area contributed by atoms with Crippen molar-refractivity contribution >= 4 is 27.5 Å². The third-order valence-electron chi connectivity index (χ3n) is 2.76. The highest BCUT2D eigenvalue weighted by molar-refractivity contribution is 9.10. The molecule has 0 amide bonds.